The number of benzene rings is 1. The molecule has 2 aromatic rings. The van der Waals surface area contributed by atoms with Gasteiger partial charge in [-0.15, -0.1) is 0 Å². The van der Waals surface area contributed by atoms with Gasteiger partial charge in [-0.25, -0.2) is 13.4 Å². The lowest BCUT2D eigenvalue weighted by molar-refractivity contribution is 0.597. The fraction of sp³-hybridized carbons (Fsp3) is 0.273. The van der Waals surface area contributed by atoms with Gasteiger partial charge in [-0.1, -0.05) is 23.9 Å². The van der Waals surface area contributed by atoms with Crippen molar-refractivity contribution in [2.75, 3.05) is 11.5 Å². The van der Waals surface area contributed by atoms with Gasteiger partial charge in [0.1, 0.15) is 6.33 Å². The van der Waals surface area contributed by atoms with E-state index in [-0.39, 0.29) is 5.75 Å². The molecule has 0 spiro atoms. The summed E-state index contributed by atoms with van der Waals surface area (Å²) in [6, 6.07) is 6.73. The first-order valence-electron chi connectivity index (χ1n) is 5.62. The summed E-state index contributed by atoms with van der Waals surface area (Å²) in [6.45, 7) is 0.330. The average molecular weight is 298 g/mol. The second kappa shape index (κ2) is 6.18. The standard InChI is InChI=1S/C11H14N4O2S2/c12-7-9-2-1-3-10(6-9)19(16,17)5-4-18-11-13-8-14-15-11/h1-3,6,8H,4-5,7,12H2,(H,13,14,15). The molecule has 0 aliphatic carbocycles. The van der Waals surface area contributed by atoms with Gasteiger partial charge in [0.05, 0.1) is 10.6 Å². The van der Waals surface area contributed by atoms with Crippen LogP contribution in [0.3, 0.4) is 0 Å². The van der Waals surface area contributed by atoms with Crippen molar-refractivity contribution in [3.05, 3.63) is 36.2 Å². The number of hydrogen-bond donors (Lipinski definition) is 2. The van der Waals surface area contributed by atoms with Gasteiger partial charge in [0.15, 0.2) is 15.0 Å². The molecule has 1 heterocycles. The molecule has 102 valence electrons. The summed E-state index contributed by atoms with van der Waals surface area (Å²) in [5.41, 5.74) is 6.32. The van der Waals surface area contributed by atoms with Crippen LogP contribution in [0, 0.1) is 0 Å². The summed E-state index contributed by atoms with van der Waals surface area (Å²) < 4.78 is 24.3. The number of rotatable bonds is 6. The van der Waals surface area contributed by atoms with E-state index in [0.29, 0.717) is 22.3 Å². The van der Waals surface area contributed by atoms with Gasteiger partial charge in [-0.2, -0.15) is 5.10 Å². The minimum Gasteiger partial charge on any atom is -0.326 e. The molecule has 0 amide bonds. The molecule has 0 bridgehead atoms. The van der Waals surface area contributed by atoms with E-state index in [1.807, 2.05) is 6.07 Å². The lowest BCUT2D eigenvalue weighted by Gasteiger charge is -2.05. The third-order valence-electron chi connectivity index (χ3n) is 2.48. The summed E-state index contributed by atoms with van der Waals surface area (Å²) in [4.78, 5) is 4.23. The topological polar surface area (TPSA) is 102 Å². The van der Waals surface area contributed by atoms with Crippen molar-refractivity contribution in [1.82, 2.24) is 15.2 Å². The number of nitrogens with one attached hydrogen (secondary N) is 1. The highest BCUT2D eigenvalue weighted by molar-refractivity contribution is 8.00. The Balaban J connectivity index is 2.01. The Morgan fingerprint density at radius 1 is 1.37 bits per heavy atom. The minimum atomic E-state index is -3.28. The van der Waals surface area contributed by atoms with Crippen LogP contribution in [0.5, 0.6) is 0 Å². The SMILES string of the molecule is NCc1cccc(S(=O)(=O)CCSc2ncn[nH]2)c1. The molecule has 0 saturated heterocycles. The van der Waals surface area contributed by atoms with E-state index < -0.39 is 9.84 Å². The number of thioether (sulfide) groups is 1. The van der Waals surface area contributed by atoms with Gasteiger partial charge in [-0.05, 0) is 17.7 Å². The molecule has 19 heavy (non-hydrogen) atoms. The van der Waals surface area contributed by atoms with Crippen LogP contribution in [0.1, 0.15) is 5.56 Å². The van der Waals surface area contributed by atoms with E-state index in [1.54, 1.807) is 18.2 Å². The molecule has 2 rings (SSSR count). The molecule has 0 saturated carbocycles. The molecular formula is C11H14N4O2S2. The Morgan fingerprint density at radius 2 is 2.21 bits per heavy atom. The second-order valence-electron chi connectivity index (χ2n) is 3.81. The van der Waals surface area contributed by atoms with Crippen LogP contribution < -0.4 is 5.73 Å². The Kier molecular flexibility index (Phi) is 4.56. The summed E-state index contributed by atoms with van der Waals surface area (Å²) in [5, 5.41) is 6.99. The van der Waals surface area contributed by atoms with Crippen molar-refractivity contribution in [2.45, 2.75) is 16.6 Å². The molecule has 0 aliphatic heterocycles. The van der Waals surface area contributed by atoms with Crippen molar-refractivity contribution in [3.63, 3.8) is 0 Å². The highest BCUT2D eigenvalue weighted by Crippen LogP contribution is 2.17. The van der Waals surface area contributed by atoms with Crippen LogP contribution in [-0.2, 0) is 16.4 Å². The third-order valence-corrected chi connectivity index (χ3v) is 5.33. The maximum atomic E-state index is 12.1. The molecule has 0 fully saturated rings. The average Bonchev–Trinajstić information content (AvgIpc) is 2.92. The summed E-state index contributed by atoms with van der Waals surface area (Å²) >= 11 is 1.33. The van der Waals surface area contributed by atoms with Crippen LogP contribution in [0.25, 0.3) is 0 Å². The zero-order chi connectivity index (χ0) is 13.7. The predicted molar refractivity (Wildman–Crippen MR) is 73.5 cm³/mol. The maximum absolute atomic E-state index is 12.1. The molecule has 1 aromatic carbocycles. The quantitative estimate of drug-likeness (QED) is 0.766. The van der Waals surface area contributed by atoms with Crippen molar-refractivity contribution in [2.24, 2.45) is 5.73 Å². The van der Waals surface area contributed by atoms with Gasteiger partial charge in [-0.3, -0.25) is 5.10 Å². The maximum Gasteiger partial charge on any atom is 0.183 e. The second-order valence-corrected chi connectivity index (χ2v) is 7.00. The fourth-order valence-electron chi connectivity index (χ4n) is 1.50. The van der Waals surface area contributed by atoms with Crippen molar-refractivity contribution in [3.8, 4) is 0 Å². The van der Waals surface area contributed by atoms with Gasteiger partial charge < -0.3 is 5.73 Å². The lowest BCUT2D eigenvalue weighted by atomic mass is 10.2. The Bertz CT molecular complexity index is 626. The normalized spacial score (nSPS) is 11.6. The summed E-state index contributed by atoms with van der Waals surface area (Å²) in [6.07, 6.45) is 1.39. The van der Waals surface area contributed by atoms with Crippen LogP contribution in [0.4, 0.5) is 0 Å². The first kappa shape index (κ1) is 14.0. The van der Waals surface area contributed by atoms with E-state index in [4.69, 9.17) is 5.73 Å². The van der Waals surface area contributed by atoms with Gasteiger partial charge in [0.2, 0.25) is 0 Å². The van der Waals surface area contributed by atoms with E-state index in [9.17, 15) is 8.42 Å². The smallest absolute Gasteiger partial charge is 0.183 e. The largest absolute Gasteiger partial charge is 0.326 e. The molecule has 3 N–H and O–H groups in total. The number of aromatic amines is 1. The van der Waals surface area contributed by atoms with Gasteiger partial charge in [0, 0.05) is 12.3 Å². The molecule has 1 aromatic heterocycles. The zero-order valence-electron chi connectivity index (χ0n) is 10.1. The highest BCUT2D eigenvalue weighted by Gasteiger charge is 2.14. The third kappa shape index (κ3) is 3.79. The van der Waals surface area contributed by atoms with Crippen LogP contribution in [0.2, 0.25) is 0 Å². The van der Waals surface area contributed by atoms with Crippen LogP contribution in [0.15, 0.2) is 40.6 Å². The molecule has 0 unspecified atom stereocenters. The number of aromatic nitrogens is 3. The van der Waals surface area contributed by atoms with Crippen molar-refractivity contribution in [1.29, 1.82) is 0 Å². The fourth-order valence-corrected chi connectivity index (χ4v) is 3.99. The van der Waals surface area contributed by atoms with Crippen molar-refractivity contribution < 1.29 is 8.42 Å². The molecule has 8 heteroatoms. The number of sulfone groups is 1. The molecule has 0 atom stereocenters. The number of H-pyrrole nitrogens is 1. The minimum absolute atomic E-state index is 0.0480. The molecule has 6 nitrogen and oxygen atoms in total. The number of hydrogen-bond acceptors (Lipinski definition) is 6. The number of nitrogens with zero attached hydrogens (tertiary/aromatic N) is 2. The lowest BCUT2D eigenvalue weighted by Crippen LogP contribution is -2.10. The van der Waals surface area contributed by atoms with E-state index >= 15 is 0 Å². The van der Waals surface area contributed by atoms with Gasteiger partial charge >= 0.3 is 0 Å². The van der Waals surface area contributed by atoms with Gasteiger partial charge in [0.25, 0.3) is 0 Å². The van der Waals surface area contributed by atoms with Crippen LogP contribution in [-0.4, -0.2) is 35.1 Å². The molecule has 0 aliphatic rings. The monoisotopic (exact) mass is 298 g/mol. The van der Waals surface area contributed by atoms with Crippen LogP contribution >= 0.6 is 11.8 Å². The predicted octanol–water partition coefficient (Wildman–Crippen LogP) is 0.829. The number of nitrogens with two attached hydrogens (primary N) is 1. The highest BCUT2D eigenvalue weighted by atomic mass is 32.2. The molecular weight excluding hydrogens is 284 g/mol. The Morgan fingerprint density at radius 3 is 2.89 bits per heavy atom. The Labute approximate surface area is 115 Å². The summed E-state index contributed by atoms with van der Waals surface area (Å²) in [7, 11) is -3.28. The zero-order valence-corrected chi connectivity index (χ0v) is 11.7. The van der Waals surface area contributed by atoms with E-state index in [1.165, 1.54) is 18.1 Å². The van der Waals surface area contributed by atoms with E-state index in [0.717, 1.165) is 5.56 Å². The first-order valence-corrected chi connectivity index (χ1v) is 8.25. The Hall–Kier alpha value is -1.38. The van der Waals surface area contributed by atoms with Crippen molar-refractivity contribution >= 4 is 21.6 Å². The molecule has 0 radical (unpaired) electrons. The van der Waals surface area contributed by atoms with E-state index in [2.05, 4.69) is 15.2 Å². The summed E-state index contributed by atoms with van der Waals surface area (Å²) in [5.74, 6) is 0.469. The first-order chi connectivity index (χ1) is 9.12.